The van der Waals surface area contributed by atoms with Gasteiger partial charge in [0, 0.05) is 19.8 Å². The van der Waals surface area contributed by atoms with Gasteiger partial charge in [0.15, 0.2) is 5.96 Å². The minimum Gasteiger partial charge on any atom is -0.497 e. The van der Waals surface area contributed by atoms with Crippen molar-refractivity contribution in [3.05, 3.63) is 53.7 Å². The van der Waals surface area contributed by atoms with E-state index in [9.17, 15) is 13.2 Å². The molecule has 2 rings (SSSR count). The molecular weight excluding hydrogens is 361 g/mol. The number of rotatable bonds is 7. The summed E-state index contributed by atoms with van der Waals surface area (Å²) in [5, 5.41) is 6.07. The first kappa shape index (κ1) is 20.3. The van der Waals surface area contributed by atoms with Crippen molar-refractivity contribution in [3.63, 3.8) is 0 Å². The summed E-state index contributed by atoms with van der Waals surface area (Å²) in [5.41, 5.74) is 0.0994. The number of pyridine rings is 1. The summed E-state index contributed by atoms with van der Waals surface area (Å²) < 4.78 is 49.0. The van der Waals surface area contributed by atoms with Crippen LogP contribution >= 0.6 is 0 Å². The zero-order chi connectivity index (χ0) is 19.7. The molecule has 0 atom stereocenters. The van der Waals surface area contributed by atoms with Crippen molar-refractivity contribution in [3.8, 4) is 11.6 Å². The molecule has 2 aromatic rings. The van der Waals surface area contributed by atoms with Gasteiger partial charge in [0.25, 0.3) is 0 Å². The van der Waals surface area contributed by atoms with E-state index < -0.39 is 17.6 Å². The molecule has 27 heavy (non-hydrogen) atoms. The lowest BCUT2D eigenvalue weighted by molar-refractivity contribution is -0.139. The number of methoxy groups -OCH3 is 1. The fourth-order valence-electron chi connectivity index (χ4n) is 2.23. The number of hydrogen-bond donors (Lipinski definition) is 2. The molecular formula is C18H21F3N4O2. The average Bonchev–Trinajstić information content (AvgIpc) is 2.67. The zero-order valence-corrected chi connectivity index (χ0v) is 15.0. The minimum absolute atomic E-state index is 0.0000465. The summed E-state index contributed by atoms with van der Waals surface area (Å²) in [6.45, 7) is 0.766. The molecule has 0 aliphatic carbocycles. The Balaban J connectivity index is 1.80. The maximum Gasteiger partial charge on any atom is 0.421 e. The third-order valence-electron chi connectivity index (χ3n) is 3.53. The maximum atomic E-state index is 12.9. The van der Waals surface area contributed by atoms with Crippen molar-refractivity contribution in [1.29, 1.82) is 0 Å². The van der Waals surface area contributed by atoms with Crippen LogP contribution in [0.4, 0.5) is 13.2 Å². The summed E-state index contributed by atoms with van der Waals surface area (Å²) in [7, 11) is 3.20. The zero-order valence-electron chi connectivity index (χ0n) is 15.0. The van der Waals surface area contributed by atoms with Gasteiger partial charge in [0.2, 0.25) is 5.88 Å². The second-order valence-corrected chi connectivity index (χ2v) is 5.41. The number of aromatic nitrogens is 1. The van der Waals surface area contributed by atoms with Gasteiger partial charge >= 0.3 is 6.18 Å². The lowest BCUT2D eigenvalue weighted by Crippen LogP contribution is -2.39. The molecule has 2 N–H and O–H groups in total. The van der Waals surface area contributed by atoms with E-state index in [0.29, 0.717) is 12.5 Å². The Morgan fingerprint density at radius 3 is 2.70 bits per heavy atom. The number of nitrogens with zero attached hydrogens (tertiary/aromatic N) is 2. The minimum atomic E-state index is -4.51. The summed E-state index contributed by atoms with van der Waals surface area (Å²) in [4.78, 5) is 7.71. The number of alkyl halides is 3. The van der Waals surface area contributed by atoms with Gasteiger partial charge < -0.3 is 20.1 Å². The Kier molecular flexibility index (Phi) is 7.27. The van der Waals surface area contributed by atoms with Crippen LogP contribution < -0.4 is 20.1 Å². The fraction of sp³-hybridized carbons (Fsp3) is 0.333. The van der Waals surface area contributed by atoms with Crippen LogP contribution in [0, 0.1) is 0 Å². The van der Waals surface area contributed by atoms with E-state index in [0.717, 1.165) is 17.4 Å². The van der Waals surface area contributed by atoms with Gasteiger partial charge in [-0.25, -0.2) is 4.98 Å². The van der Waals surface area contributed by atoms with Crippen LogP contribution in [0.15, 0.2) is 47.6 Å². The van der Waals surface area contributed by atoms with Crippen molar-refractivity contribution in [2.75, 3.05) is 27.3 Å². The van der Waals surface area contributed by atoms with E-state index in [1.807, 2.05) is 24.3 Å². The highest BCUT2D eigenvalue weighted by molar-refractivity contribution is 5.79. The topological polar surface area (TPSA) is 67.8 Å². The molecule has 6 nitrogen and oxygen atoms in total. The lowest BCUT2D eigenvalue weighted by Gasteiger charge is -2.14. The molecule has 0 bridgehead atoms. The Labute approximate surface area is 155 Å². The molecule has 0 fully saturated rings. The fourth-order valence-corrected chi connectivity index (χ4v) is 2.23. The van der Waals surface area contributed by atoms with Gasteiger partial charge in [-0.1, -0.05) is 12.1 Å². The number of benzene rings is 1. The van der Waals surface area contributed by atoms with Gasteiger partial charge in [0.1, 0.15) is 17.9 Å². The van der Waals surface area contributed by atoms with Gasteiger partial charge in [-0.05, 0) is 29.8 Å². The molecule has 0 spiro atoms. The number of nitrogens with one attached hydrogen (secondary N) is 2. The van der Waals surface area contributed by atoms with Gasteiger partial charge in [-0.3, -0.25) is 4.99 Å². The second-order valence-electron chi connectivity index (χ2n) is 5.41. The molecule has 0 unspecified atom stereocenters. The monoisotopic (exact) mass is 382 g/mol. The highest BCUT2D eigenvalue weighted by Gasteiger charge is 2.34. The van der Waals surface area contributed by atoms with Crippen LogP contribution in [-0.2, 0) is 12.7 Å². The van der Waals surface area contributed by atoms with Gasteiger partial charge in [-0.2, -0.15) is 13.2 Å². The molecule has 0 aliphatic rings. The quantitative estimate of drug-likeness (QED) is 0.438. The molecule has 0 saturated heterocycles. The summed E-state index contributed by atoms with van der Waals surface area (Å²) in [5.74, 6) is 0.811. The van der Waals surface area contributed by atoms with Gasteiger partial charge in [0.05, 0.1) is 13.7 Å². The summed E-state index contributed by atoms with van der Waals surface area (Å²) in [6.07, 6.45) is -3.25. The molecule has 0 saturated carbocycles. The van der Waals surface area contributed by atoms with Crippen LogP contribution in [0.2, 0.25) is 0 Å². The number of ether oxygens (including phenoxy) is 2. The largest absolute Gasteiger partial charge is 0.497 e. The van der Waals surface area contributed by atoms with Crippen LogP contribution in [0.3, 0.4) is 0 Å². The third kappa shape index (κ3) is 6.36. The Morgan fingerprint density at radius 2 is 2.00 bits per heavy atom. The number of guanidine groups is 1. The first-order valence-corrected chi connectivity index (χ1v) is 8.16. The molecule has 9 heteroatoms. The summed E-state index contributed by atoms with van der Waals surface area (Å²) in [6, 6.07) is 9.71. The number of aliphatic imine (C=N–C) groups is 1. The van der Waals surface area contributed by atoms with E-state index in [1.165, 1.54) is 12.3 Å². The average molecular weight is 382 g/mol. The Bertz CT molecular complexity index is 766. The van der Waals surface area contributed by atoms with Crippen molar-refractivity contribution < 1.29 is 22.6 Å². The van der Waals surface area contributed by atoms with Crippen molar-refractivity contribution in [2.45, 2.75) is 12.7 Å². The van der Waals surface area contributed by atoms with Crippen LogP contribution in [0.5, 0.6) is 11.6 Å². The Morgan fingerprint density at radius 1 is 1.19 bits per heavy atom. The molecule has 1 aromatic carbocycles. The number of hydrogen-bond acceptors (Lipinski definition) is 4. The molecule has 1 aromatic heterocycles. The number of halogens is 3. The lowest BCUT2D eigenvalue weighted by atomic mass is 10.2. The molecule has 0 amide bonds. The first-order valence-electron chi connectivity index (χ1n) is 8.16. The van der Waals surface area contributed by atoms with Crippen molar-refractivity contribution in [2.24, 2.45) is 4.99 Å². The van der Waals surface area contributed by atoms with E-state index in [1.54, 1.807) is 14.2 Å². The highest BCUT2D eigenvalue weighted by atomic mass is 19.4. The highest BCUT2D eigenvalue weighted by Crippen LogP contribution is 2.34. The molecule has 1 heterocycles. The Hall–Kier alpha value is -2.97. The van der Waals surface area contributed by atoms with E-state index in [2.05, 4.69) is 20.6 Å². The van der Waals surface area contributed by atoms with E-state index >= 15 is 0 Å². The first-order chi connectivity index (χ1) is 12.9. The van der Waals surface area contributed by atoms with Crippen LogP contribution in [0.25, 0.3) is 0 Å². The summed E-state index contributed by atoms with van der Waals surface area (Å²) >= 11 is 0. The maximum absolute atomic E-state index is 12.9. The van der Waals surface area contributed by atoms with E-state index in [-0.39, 0.29) is 13.2 Å². The van der Waals surface area contributed by atoms with Crippen LogP contribution in [0.1, 0.15) is 11.1 Å². The second kappa shape index (κ2) is 9.65. The van der Waals surface area contributed by atoms with Crippen molar-refractivity contribution in [1.82, 2.24) is 15.6 Å². The SMILES string of the molecule is CN=C(NCCOc1ncccc1C(F)(F)F)NCc1cccc(OC)c1. The molecule has 0 radical (unpaired) electrons. The molecule has 146 valence electrons. The normalized spacial score (nSPS) is 11.8. The van der Waals surface area contributed by atoms with E-state index in [4.69, 9.17) is 9.47 Å². The van der Waals surface area contributed by atoms with Crippen LogP contribution in [-0.4, -0.2) is 38.3 Å². The predicted molar refractivity (Wildman–Crippen MR) is 95.9 cm³/mol. The predicted octanol–water partition coefficient (Wildman–Crippen LogP) is 2.85. The van der Waals surface area contributed by atoms with Gasteiger partial charge in [-0.15, -0.1) is 0 Å². The third-order valence-corrected chi connectivity index (χ3v) is 3.53. The standard InChI is InChI=1S/C18H21F3N4O2/c1-22-17(25-12-13-5-3-6-14(11-13)26-2)24-9-10-27-16-15(18(19,20)21)7-4-8-23-16/h3-8,11H,9-10,12H2,1-2H3,(H2,22,24,25). The molecule has 0 aliphatic heterocycles. The smallest absolute Gasteiger partial charge is 0.421 e. The van der Waals surface area contributed by atoms with Crippen molar-refractivity contribution >= 4 is 5.96 Å².